The average Bonchev–Trinajstić information content (AvgIpc) is 2.74. The summed E-state index contributed by atoms with van der Waals surface area (Å²) in [6.07, 6.45) is -0.822. The Morgan fingerprint density at radius 1 is 0.909 bits per heavy atom. The van der Waals surface area contributed by atoms with Gasteiger partial charge >= 0.3 is 11.9 Å². The molecular weight excluding hydrogens is 456 g/mol. The minimum absolute atomic E-state index is 0.00180. The fraction of sp³-hybridized carbons (Fsp3) is 0.450. The standard InChI is InChI=1S/C20H28N4O8S/c1-10(21)17(28)23-14(8-11-2-4-12(25)5-3-11)19(30)22-13(6-7-16(26)27)18(29)24-15(9-33)20(31)32/h2-5,10,13-15,25,33H,6-9,21H2,1H3,(H,22,30)(H,23,28)(H,24,29)(H,26,27)(H,31,32). The molecule has 4 atom stereocenters. The van der Waals surface area contributed by atoms with Crippen molar-refractivity contribution in [3.05, 3.63) is 29.8 Å². The van der Waals surface area contributed by atoms with Crippen LogP contribution < -0.4 is 21.7 Å². The highest BCUT2D eigenvalue weighted by Gasteiger charge is 2.30. The van der Waals surface area contributed by atoms with Gasteiger partial charge in [-0.05, 0) is 31.0 Å². The second-order valence-electron chi connectivity index (χ2n) is 7.30. The Morgan fingerprint density at radius 2 is 1.42 bits per heavy atom. The molecule has 12 nitrogen and oxygen atoms in total. The Kier molecular flexibility index (Phi) is 11.2. The van der Waals surface area contributed by atoms with Gasteiger partial charge in [-0.25, -0.2) is 4.79 Å². The highest BCUT2D eigenvalue weighted by atomic mass is 32.1. The van der Waals surface area contributed by atoms with E-state index in [2.05, 4.69) is 28.6 Å². The molecule has 1 rings (SSSR count). The van der Waals surface area contributed by atoms with Gasteiger partial charge in [-0.15, -0.1) is 0 Å². The molecule has 0 radical (unpaired) electrons. The van der Waals surface area contributed by atoms with Crippen LogP contribution in [0.15, 0.2) is 24.3 Å². The minimum atomic E-state index is -1.38. The van der Waals surface area contributed by atoms with Crippen LogP contribution in [0.25, 0.3) is 0 Å². The maximum Gasteiger partial charge on any atom is 0.327 e. The Morgan fingerprint density at radius 3 is 1.91 bits per heavy atom. The van der Waals surface area contributed by atoms with Gasteiger partial charge in [0.25, 0.3) is 0 Å². The van der Waals surface area contributed by atoms with Crippen molar-refractivity contribution in [2.24, 2.45) is 5.73 Å². The number of phenolic OH excluding ortho intramolecular Hbond substituents is 1. The molecule has 0 aliphatic carbocycles. The van der Waals surface area contributed by atoms with Crippen LogP contribution in [0, 0.1) is 0 Å². The third-order valence-corrected chi connectivity index (χ3v) is 4.86. The molecule has 0 spiro atoms. The summed E-state index contributed by atoms with van der Waals surface area (Å²) in [7, 11) is 0. The number of amides is 3. The first-order valence-electron chi connectivity index (χ1n) is 9.94. The number of nitrogens with two attached hydrogens (primary N) is 1. The van der Waals surface area contributed by atoms with E-state index in [0.717, 1.165) is 0 Å². The van der Waals surface area contributed by atoms with Crippen LogP contribution in [-0.4, -0.2) is 74.9 Å². The number of rotatable bonds is 13. The molecule has 0 bridgehead atoms. The third kappa shape index (κ3) is 9.78. The molecule has 4 unspecified atom stereocenters. The second kappa shape index (κ2) is 13.3. The van der Waals surface area contributed by atoms with E-state index in [1.54, 1.807) is 0 Å². The molecule has 3 amide bonds. The van der Waals surface area contributed by atoms with Gasteiger partial charge in [0, 0.05) is 18.6 Å². The van der Waals surface area contributed by atoms with E-state index >= 15 is 0 Å². The summed E-state index contributed by atoms with van der Waals surface area (Å²) < 4.78 is 0. The van der Waals surface area contributed by atoms with E-state index in [1.165, 1.54) is 31.2 Å². The summed E-state index contributed by atoms with van der Waals surface area (Å²) in [5.41, 5.74) is 6.13. The van der Waals surface area contributed by atoms with Crippen molar-refractivity contribution in [1.29, 1.82) is 0 Å². The maximum absolute atomic E-state index is 12.9. The molecular formula is C20H28N4O8S. The van der Waals surface area contributed by atoms with Crippen LogP contribution in [0.2, 0.25) is 0 Å². The Hall–Kier alpha value is -3.32. The Balaban J connectivity index is 3.08. The minimum Gasteiger partial charge on any atom is -0.508 e. The monoisotopic (exact) mass is 484 g/mol. The number of hydrogen-bond acceptors (Lipinski definition) is 8. The van der Waals surface area contributed by atoms with Gasteiger partial charge < -0.3 is 37.0 Å². The van der Waals surface area contributed by atoms with Crippen molar-refractivity contribution in [2.45, 2.75) is 50.4 Å². The zero-order chi connectivity index (χ0) is 25.1. The van der Waals surface area contributed by atoms with Crippen molar-refractivity contribution >= 4 is 42.3 Å². The topological polar surface area (TPSA) is 208 Å². The van der Waals surface area contributed by atoms with Crippen LogP contribution in [0.5, 0.6) is 5.75 Å². The average molecular weight is 485 g/mol. The summed E-state index contributed by atoms with van der Waals surface area (Å²) in [6.45, 7) is 1.41. The van der Waals surface area contributed by atoms with Gasteiger partial charge in [-0.1, -0.05) is 12.1 Å². The molecule has 8 N–H and O–H groups in total. The number of carbonyl (C=O) groups is 5. The highest BCUT2D eigenvalue weighted by Crippen LogP contribution is 2.12. The molecule has 0 heterocycles. The van der Waals surface area contributed by atoms with Gasteiger partial charge in [0.15, 0.2) is 0 Å². The third-order valence-electron chi connectivity index (χ3n) is 4.50. The van der Waals surface area contributed by atoms with Gasteiger partial charge in [0.2, 0.25) is 17.7 Å². The number of benzene rings is 1. The number of aliphatic carboxylic acids is 2. The molecule has 0 saturated carbocycles. The van der Waals surface area contributed by atoms with Crippen LogP contribution >= 0.6 is 12.6 Å². The zero-order valence-electron chi connectivity index (χ0n) is 17.9. The van der Waals surface area contributed by atoms with Crippen LogP contribution in [0.1, 0.15) is 25.3 Å². The number of hydrogen-bond donors (Lipinski definition) is 8. The van der Waals surface area contributed by atoms with Gasteiger partial charge in [-0.2, -0.15) is 12.6 Å². The quantitative estimate of drug-likeness (QED) is 0.155. The fourth-order valence-electron chi connectivity index (χ4n) is 2.65. The summed E-state index contributed by atoms with van der Waals surface area (Å²) in [5.74, 6) is -5.15. The van der Waals surface area contributed by atoms with E-state index in [0.29, 0.717) is 5.56 Å². The second-order valence-corrected chi connectivity index (χ2v) is 7.66. The lowest BCUT2D eigenvalue weighted by molar-refractivity contribution is -0.142. The van der Waals surface area contributed by atoms with Gasteiger partial charge in [0.05, 0.1) is 6.04 Å². The SMILES string of the molecule is CC(N)C(=O)NC(Cc1ccc(O)cc1)C(=O)NC(CCC(=O)O)C(=O)NC(CS)C(=O)O. The Labute approximate surface area is 195 Å². The molecule has 1 aromatic rings. The van der Waals surface area contributed by atoms with E-state index in [9.17, 15) is 29.1 Å². The van der Waals surface area contributed by atoms with E-state index < -0.39 is 60.2 Å². The molecule has 0 aliphatic heterocycles. The van der Waals surface area contributed by atoms with Crippen molar-refractivity contribution < 1.29 is 39.3 Å². The molecule has 13 heteroatoms. The number of thiol groups is 1. The van der Waals surface area contributed by atoms with Crippen molar-refractivity contribution in [2.75, 3.05) is 5.75 Å². The number of carboxylic acid groups (broad SMARTS) is 2. The highest BCUT2D eigenvalue weighted by molar-refractivity contribution is 7.80. The van der Waals surface area contributed by atoms with Crippen LogP contribution in [-0.2, 0) is 30.4 Å². The molecule has 1 aromatic carbocycles. The summed E-state index contributed by atoms with van der Waals surface area (Å²) >= 11 is 3.85. The first kappa shape index (κ1) is 27.7. The smallest absolute Gasteiger partial charge is 0.327 e. The molecule has 0 aliphatic rings. The van der Waals surface area contributed by atoms with E-state index in [4.69, 9.17) is 15.9 Å². The largest absolute Gasteiger partial charge is 0.508 e. The number of phenols is 1. The lowest BCUT2D eigenvalue weighted by Gasteiger charge is -2.24. The first-order chi connectivity index (χ1) is 15.4. The molecule has 0 saturated heterocycles. The predicted octanol–water partition coefficient (Wildman–Crippen LogP) is -1.38. The molecule has 0 fully saturated rings. The zero-order valence-corrected chi connectivity index (χ0v) is 18.7. The number of aromatic hydroxyl groups is 1. The lowest BCUT2D eigenvalue weighted by Crippen LogP contribution is -2.57. The lowest BCUT2D eigenvalue weighted by atomic mass is 10.0. The van der Waals surface area contributed by atoms with Gasteiger partial charge in [-0.3, -0.25) is 19.2 Å². The normalized spacial score (nSPS) is 14.3. The fourth-order valence-corrected chi connectivity index (χ4v) is 2.89. The summed E-state index contributed by atoms with van der Waals surface area (Å²) in [5, 5.41) is 34.5. The van der Waals surface area contributed by atoms with Crippen LogP contribution in [0.3, 0.4) is 0 Å². The van der Waals surface area contributed by atoms with Crippen molar-refractivity contribution in [1.82, 2.24) is 16.0 Å². The summed E-state index contributed by atoms with van der Waals surface area (Å²) in [4.78, 5) is 59.8. The Bertz CT molecular complexity index is 862. The van der Waals surface area contributed by atoms with Crippen molar-refractivity contribution in [3.8, 4) is 5.75 Å². The van der Waals surface area contributed by atoms with E-state index in [-0.39, 0.29) is 24.3 Å². The molecule has 0 aromatic heterocycles. The number of nitrogens with one attached hydrogen (secondary N) is 3. The number of carboxylic acids is 2. The maximum atomic E-state index is 12.9. The van der Waals surface area contributed by atoms with Gasteiger partial charge in [0.1, 0.15) is 23.9 Å². The van der Waals surface area contributed by atoms with Crippen LogP contribution in [0.4, 0.5) is 0 Å². The molecule has 182 valence electrons. The molecule has 33 heavy (non-hydrogen) atoms. The summed E-state index contributed by atoms with van der Waals surface area (Å²) in [6, 6.07) is 1.000. The first-order valence-corrected chi connectivity index (χ1v) is 10.6. The number of carbonyl (C=O) groups excluding carboxylic acids is 3. The van der Waals surface area contributed by atoms with Crippen molar-refractivity contribution in [3.63, 3.8) is 0 Å². The predicted molar refractivity (Wildman–Crippen MR) is 120 cm³/mol. The van der Waals surface area contributed by atoms with E-state index in [1.807, 2.05) is 0 Å².